The third kappa shape index (κ3) is 2.38. The predicted octanol–water partition coefficient (Wildman–Crippen LogP) is 0.467. The average Bonchev–Trinajstić information content (AvgIpc) is 3.04. The summed E-state index contributed by atoms with van der Waals surface area (Å²) in [6.07, 6.45) is 5.37. The molecule has 1 atom stereocenters. The normalized spacial score (nSPS) is 25.0. The standard InChI is InChI=1S/C12H23N3O/c1-9(15(2)10-4-5-10)8-14-11(16)12(13)6-3-7-12/h9-10H,3-8,13H2,1-2H3,(H,14,16). The summed E-state index contributed by atoms with van der Waals surface area (Å²) in [6.45, 7) is 2.87. The maximum absolute atomic E-state index is 11.8. The van der Waals surface area contributed by atoms with Crippen LogP contribution in [0.5, 0.6) is 0 Å². The molecule has 0 radical (unpaired) electrons. The van der Waals surface area contributed by atoms with Crippen LogP contribution < -0.4 is 11.1 Å². The van der Waals surface area contributed by atoms with E-state index in [4.69, 9.17) is 5.73 Å². The van der Waals surface area contributed by atoms with E-state index < -0.39 is 5.54 Å². The molecule has 0 heterocycles. The Bertz CT molecular complexity index is 271. The first-order valence-electron chi connectivity index (χ1n) is 6.32. The number of hydrogen-bond donors (Lipinski definition) is 2. The van der Waals surface area contributed by atoms with Gasteiger partial charge < -0.3 is 11.1 Å². The molecule has 2 rings (SSSR count). The van der Waals surface area contributed by atoms with Gasteiger partial charge >= 0.3 is 0 Å². The van der Waals surface area contributed by atoms with Gasteiger partial charge in [0.1, 0.15) is 0 Å². The van der Waals surface area contributed by atoms with Crippen LogP contribution in [-0.4, -0.2) is 42.0 Å². The summed E-state index contributed by atoms with van der Waals surface area (Å²) in [4.78, 5) is 14.2. The molecule has 1 amide bonds. The summed E-state index contributed by atoms with van der Waals surface area (Å²) in [6, 6.07) is 1.14. The minimum atomic E-state index is -0.558. The Balaban J connectivity index is 1.71. The van der Waals surface area contributed by atoms with Crippen LogP contribution in [0.4, 0.5) is 0 Å². The van der Waals surface area contributed by atoms with Gasteiger partial charge in [-0.05, 0) is 46.1 Å². The molecule has 0 aromatic heterocycles. The maximum atomic E-state index is 11.8. The Hall–Kier alpha value is -0.610. The molecule has 16 heavy (non-hydrogen) atoms. The van der Waals surface area contributed by atoms with Crippen molar-refractivity contribution in [2.24, 2.45) is 5.73 Å². The lowest BCUT2D eigenvalue weighted by Gasteiger charge is -2.37. The average molecular weight is 225 g/mol. The molecule has 4 heteroatoms. The number of amides is 1. The minimum Gasteiger partial charge on any atom is -0.353 e. The van der Waals surface area contributed by atoms with Crippen molar-refractivity contribution in [2.75, 3.05) is 13.6 Å². The molecule has 0 bridgehead atoms. The second-order valence-electron chi connectivity index (χ2n) is 5.47. The number of nitrogens with zero attached hydrogens (tertiary/aromatic N) is 1. The maximum Gasteiger partial charge on any atom is 0.240 e. The lowest BCUT2D eigenvalue weighted by molar-refractivity contribution is -0.129. The first-order chi connectivity index (χ1) is 7.53. The van der Waals surface area contributed by atoms with Gasteiger partial charge in [-0.25, -0.2) is 0 Å². The summed E-state index contributed by atoms with van der Waals surface area (Å²) < 4.78 is 0. The first kappa shape index (κ1) is 11.9. The second-order valence-corrected chi connectivity index (χ2v) is 5.47. The summed E-state index contributed by atoms with van der Waals surface area (Å²) in [7, 11) is 2.13. The zero-order chi connectivity index (χ0) is 11.8. The first-order valence-corrected chi connectivity index (χ1v) is 6.32. The third-order valence-corrected chi connectivity index (χ3v) is 4.07. The number of carbonyl (C=O) groups is 1. The van der Waals surface area contributed by atoms with Crippen molar-refractivity contribution < 1.29 is 4.79 Å². The van der Waals surface area contributed by atoms with Crippen LogP contribution in [0.25, 0.3) is 0 Å². The third-order valence-electron chi connectivity index (χ3n) is 4.07. The molecule has 0 spiro atoms. The van der Waals surface area contributed by atoms with Gasteiger partial charge in [-0.2, -0.15) is 0 Å². The molecule has 1 unspecified atom stereocenters. The summed E-state index contributed by atoms with van der Waals surface area (Å²) in [5, 5.41) is 2.98. The lowest BCUT2D eigenvalue weighted by atomic mass is 9.77. The number of nitrogens with two attached hydrogens (primary N) is 1. The Morgan fingerprint density at radius 2 is 2.19 bits per heavy atom. The van der Waals surface area contributed by atoms with Gasteiger partial charge in [0.25, 0.3) is 0 Å². The summed E-state index contributed by atoms with van der Waals surface area (Å²) in [5.41, 5.74) is 5.40. The van der Waals surface area contributed by atoms with E-state index in [1.54, 1.807) is 0 Å². The highest BCUT2D eigenvalue weighted by Gasteiger charge is 2.40. The van der Waals surface area contributed by atoms with Crippen molar-refractivity contribution in [1.29, 1.82) is 0 Å². The molecule has 0 saturated heterocycles. The van der Waals surface area contributed by atoms with Crippen molar-refractivity contribution in [3.05, 3.63) is 0 Å². The number of carbonyl (C=O) groups excluding carboxylic acids is 1. The molecular formula is C12H23N3O. The van der Waals surface area contributed by atoms with Crippen LogP contribution in [0.2, 0.25) is 0 Å². The van der Waals surface area contributed by atoms with Crippen molar-refractivity contribution in [3.63, 3.8) is 0 Å². The van der Waals surface area contributed by atoms with Crippen molar-refractivity contribution in [3.8, 4) is 0 Å². The lowest BCUT2D eigenvalue weighted by Crippen LogP contribution is -2.59. The van der Waals surface area contributed by atoms with Crippen molar-refractivity contribution >= 4 is 5.91 Å². The van der Waals surface area contributed by atoms with Crippen LogP contribution in [0.3, 0.4) is 0 Å². The van der Waals surface area contributed by atoms with Crippen LogP contribution >= 0.6 is 0 Å². The number of rotatable bonds is 5. The molecule has 0 aliphatic heterocycles. The fourth-order valence-corrected chi connectivity index (χ4v) is 2.19. The molecule has 92 valence electrons. The number of nitrogens with one attached hydrogen (secondary N) is 1. The fraction of sp³-hybridized carbons (Fsp3) is 0.917. The van der Waals surface area contributed by atoms with Gasteiger partial charge in [0.15, 0.2) is 0 Å². The Morgan fingerprint density at radius 1 is 1.56 bits per heavy atom. The zero-order valence-corrected chi connectivity index (χ0v) is 10.3. The van der Waals surface area contributed by atoms with Gasteiger partial charge in [-0.3, -0.25) is 9.69 Å². The largest absolute Gasteiger partial charge is 0.353 e. The Morgan fingerprint density at radius 3 is 2.62 bits per heavy atom. The van der Waals surface area contributed by atoms with E-state index in [0.29, 0.717) is 12.6 Å². The highest BCUT2D eigenvalue weighted by atomic mass is 16.2. The van der Waals surface area contributed by atoms with Gasteiger partial charge in [0.05, 0.1) is 5.54 Å². The number of hydrogen-bond acceptors (Lipinski definition) is 3. The minimum absolute atomic E-state index is 0.0368. The topological polar surface area (TPSA) is 58.4 Å². The van der Waals surface area contributed by atoms with Crippen LogP contribution in [-0.2, 0) is 4.79 Å². The monoisotopic (exact) mass is 225 g/mol. The summed E-state index contributed by atoms with van der Waals surface area (Å²) >= 11 is 0. The molecule has 0 aromatic rings. The molecule has 4 nitrogen and oxygen atoms in total. The van der Waals surface area contributed by atoms with Gasteiger partial charge in [-0.15, -0.1) is 0 Å². The SMILES string of the molecule is CC(CNC(=O)C1(N)CCC1)N(C)C1CC1. The molecule has 2 aliphatic rings. The van der Waals surface area contributed by atoms with E-state index in [0.717, 1.165) is 25.3 Å². The van der Waals surface area contributed by atoms with E-state index in [2.05, 4.69) is 24.2 Å². The fourth-order valence-electron chi connectivity index (χ4n) is 2.19. The van der Waals surface area contributed by atoms with E-state index >= 15 is 0 Å². The smallest absolute Gasteiger partial charge is 0.240 e. The molecule has 3 N–H and O–H groups in total. The van der Waals surface area contributed by atoms with Crippen LogP contribution in [0, 0.1) is 0 Å². The predicted molar refractivity (Wildman–Crippen MR) is 64.0 cm³/mol. The van der Waals surface area contributed by atoms with Gasteiger partial charge in [0.2, 0.25) is 5.91 Å². The van der Waals surface area contributed by atoms with Gasteiger partial charge in [-0.1, -0.05) is 0 Å². The van der Waals surface area contributed by atoms with Crippen molar-refractivity contribution in [1.82, 2.24) is 10.2 Å². The molecule has 0 aromatic carbocycles. The van der Waals surface area contributed by atoms with E-state index in [1.807, 2.05) is 0 Å². The quantitative estimate of drug-likeness (QED) is 0.715. The van der Waals surface area contributed by atoms with E-state index in [-0.39, 0.29) is 5.91 Å². The highest BCUT2D eigenvalue weighted by molar-refractivity contribution is 5.87. The second kappa shape index (κ2) is 4.34. The number of likely N-dealkylation sites (N-methyl/N-ethyl adjacent to an activating group) is 1. The molecular weight excluding hydrogens is 202 g/mol. The van der Waals surface area contributed by atoms with E-state index in [1.165, 1.54) is 12.8 Å². The van der Waals surface area contributed by atoms with Crippen molar-refractivity contribution in [2.45, 2.75) is 56.7 Å². The summed E-state index contributed by atoms with van der Waals surface area (Å²) in [5.74, 6) is 0.0368. The molecule has 2 fully saturated rings. The van der Waals surface area contributed by atoms with Gasteiger partial charge in [0, 0.05) is 18.6 Å². The Kier molecular flexibility index (Phi) is 3.22. The molecule has 2 aliphatic carbocycles. The van der Waals surface area contributed by atoms with Crippen LogP contribution in [0.1, 0.15) is 39.0 Å². The zero-order valence-electron chi connectivity index (χ0n) is 10.3. The Labute approximate surface area is 97.6 Å². The molecule has 2 saturated carbocycles. The van der Waals surface area contributed by atoms with E-state index in [9.17, 15) is 4.79 Å². The highest BCUT2D eigenvalue weighted by Crippen LogP contribution is 2.29. The van der Waals surface area contributed by atoms with Crippen LogP contribution in [0.15, 0.2) is 0 Å².